The Hall–Kier alpha value is -7.01. The van der Waals surface area contributed by atoms with Gasteiger partial charge in [-0.1, -0.05) is 188 Å². The van der Waals surface area contributed by atoms with Crippen molar-refractivity contribution in [2.24, 2.45) is 0 Å². The molecular weight excluding hydrogens is 699 g/mol. The Balaban J connectivity index is 1.06. The van der Waals surface area contributed by atoms with Gasteiger partial charge in [0.2, 0.25) is 0 Å². The van der Waals surface area contributed by atoms with E-state index in [1.54, 1.807) is 0 Å². The average Bonchev–Trinajstić information content (AvgIpc) is 3.80. The van der Waals surface area contributed by atoms with Crippen molar-refractivity contribution in [3.8, 4) is 56.4 Å². The zero-order chi connectivity index (χ0) is 37.1. The molecular formula is C52H33N3S. The van der Waals surface area contributed by atoms with E-state index in [0.29, 0.717) is 17.5 Å². The van der Waals surface area contributed by atoms with E-state index in [2.05, 4.69) is 140 Å². The van der Waals surface area contributed by atoms with E-state index in [9.17, 15) is 0 Å². The van der Waals surface area contributed by atoms with Crippen molar-refractivity contribution in [1.29, 1.82) is 0 Å². The molecule has 0 atom stereocenters. The fourth-order valence-electron chi connectivity index (χ4n) is 8.76. The highest BCUT2D eigenvalue weighted by atomic mass is 32.1. The summed E-state index contributed by atoms with van der Waals surface area (Å²) in [4.78, 5) is 14.9. The van der Waals surface area contributed by atoms with Crippen molar-refractivity contribution >= 4 is 31.5 Å². The maximum Gasteiger partial charge on any atom is 0.164 e. The van der Waals surface area contributed by atoms with Crippen LogP contribution in [-0.4, -0.2) is 15.0 Å². The molecule has 0 bridgehead atoms. The number of nitrogens with zero attached hydrogens (tertiary/aromatic N) is 3. The minimum absolute atomic E-state index is 0.432. The number of hydrogen-bond donors (Lipinski definition) is 0. The maximum absolute atomic E-state index is 5.00. The van der Waals surface area contributed by atoms with E-state index in [1.807, 2.05) is 72.0 Å². The van der Waals surface area contributed by atoms with Gasteiger partial charge >= 0.3 is 0 Å². The molecule has 0 unspecified atom stereocenters. The SMILES string of the molecule is c1ccc(-c2nc(-c3ccccc3)nc(-c3ccc4c(c3)sc3cc(-c5cccc6c5-c5ccccc5C6(c5ccccc5)c5ccccc5)ccc34)n2)cc1. The van der Waals surface area contributed by atoms with E-state index >= 15 is 0 Å². The molecule has 0 aliphatic heterocycles. The third-order valence-corrected chi connectivity index (χ3v) is 12.3. The van der Waals surface area contributed by atoms with Crippen LogP contribution in [-0.2, 0) is 5.41 Å². The first-order valence-electron chi connectivity index (χ1n) is 18.9. The monoisotopic (exact) mass is 731 g/mol. The van der Waals surface area contributed by atoms with Crippen molar-refractivity contribution in [2.45, 2.75) is 5.41 Å². The van der Waals surface area contributed by atoms with Gasteiger partial charge in [-0.3, -0.25) is 0 Å². The number of rotatable bonds is 6. The van der Waals surface area contributed by atoms with Crippen LogP contribution in [0.5, 0.6) is 0 Å². The van der Waals surface area contributed by atoms with Crippen LogP contribution in [0.4, 0.5) is 0 Å². The number of thiophene rings is 1. The molecule has 0 saturated carbocycles. The molecule has 3 nitrogen and oxygen atoms in total. The summed E-state index contributed by atoms with van der Waals surface area (Å²) in [7, 11) is 0. The van der Waals surface area contributed by atoms with Gasteiger partial charge in [0.25, 0.3) is 0 Å². The Kier molecular flexibility index (Phi) is 7.58. The quantitative estimate of drug-likeness (QED) is 0.171. The van der Waals surface area contributed by atoms with E-state index in [0.717, 1.165) is 16.7 Å². The molecule has 1 aliphatic carbocycles. The van der Waals surface area contributed by atoms with E-state index in [1.165, 1.54) is 64.7 Å². The Bertz CT molecular complexity index is 2970. The fourth-order valence-corrected chi connectivity index (χ4v) is 9.94. The first-order valence-corrected chi connectivity index (χ1v) is 19.8. The van der Waals surface area contributed by atoms with Crippen molar-refractivity contribution in [2.75, 3.05) is 0 Å². The van der Waals surface area contributed by atoms with Gasteiger partial charge in [-0.05, 0) is 56.6 Å². The summed E-state index contributed by atoms with van der Waals surface area (Å²) in [6.45, 7) is 0. The van der Waals surface area contributed by atoms with Gasteiger partial charge in [0.05, 0.1) is 5.41 Å². The number of hydrogen-bond acceptors (Lipinski definition) is 4. The second-order valence-corrected chi connectivity index (χ2v) is 15.4. The molecule has 0 amide bonds. The molecule has 56 heavy (non-hydrogen) atoms. The second kappa shape index (κ2) is 13.1. The predicted molar refractivity (Wildman–Crippen MR) is 232 cm³/mol. The molecule has 0 N–H and O–H groups in total. The molecule has 262 valence electrons. The molecule has 0 radical (unpaired) electrons. The van der Waals surface area contributed by atoms with Gasteiger partial charge < -0.3 is 0 Å². The fraction of sp³-hybridized carbons (Fsp3) is 0.0192. The Morgan fingerprint density at radius 1 is 0.339 bits per heavy atom. The van der Waals surface area contributed by atoms with E-state index < -0.39 is 5.41 Å². The molecule has 4 heteroatoms. The van der Waals surface area contributed by atoms with Crippen LogP contribution in [0, 0.1) is 0 Å². The van der Waals surface area contributed by atoms with Crippen LogP contribution in [0.25, 0.3) is 76.6 Å². The van der Waals surface area contributed by atoms with Gasteiger partial charge in [0, 0.05) is 36.9 Å². The zero-order valence-electron chi connectivity index (χ0n) is 30.3. The number of fused-ring (bicyclic) bond motifs is 6. The smallest absolute Gasteiger partial charge is 0.164 e. The van der Waals surface area contributed by atoms with Gasteiger partial charge in [-0.25, -0.2) is 15.0 Å². The van der Waals surface area contributed by atoms with Crippen molar-refractivity contribution in [1.82, 2.24) is 15.0 Å². The average molecular weight is 732 g/mol. The molecule has 2 heterocycles. The molecule has 2 aromatic heterocycles. The molecule has 11 rings (SSSR count). The van der Waals surface area contributed by atoms with E-state index in [4.69, 9.17) is 15.0 Å². The lowest BCUT2D eigenvalue weighted by Gasteiger charge is -2.34. The molecule has 8 aromatic carbocycles. The molecule has 0 saturated heterocycles. The highest BCUT2D eigenvalue weighted by Crippen LogP contribution is 2.58. The predicted octanol–water partition coefficient (Wildman–Crippen LogP) is 13.3. The van der Waals surface area contributed by atoms with Crippen LogP contribution in [0.2, 0.25) is 0 Å². The number of aromatic nitrogens is 3. The third kappa shape index (κ3) is 5.07. The summed E-state index contributed by atoms with van der Waals surface area (Å²) in [6, 6.07) is 71.7. The summed E-state index contributed by atoms with van der Waals surface area (Å²) < 4.78 is 2.45. The first kappa shape index (κ1) is 32.4. The lowest BCUT2D eigenvalue weighted by molar-refractivity contribution is 0.768. The topological polar surface area (TPSA) is 38.7 Å². The summed E-state index contributed by atoms with van der Waals surface area (Å²) in [5.74, 6) is 1.99. The van der Waals surface area contributed by atoms with Crippen LogP contribution in [0.1, 0.15) is 22.3 Å². The van der Waals surface area contributed by atoms with Crippen LogP contribution in [0.15, 0.2) is 200 Å². The Labute approximate surface area is 329 Å². The second-order valence-electron chi connectivity index (χ2n) is 14.3. The van der Waals surface area contributed by atoms with Gasteiger partial charge in [0.15, 0.2) is 17.5 Å². The van der Waals surface area contributed by atoms with Crippen LogP contribution < -0.4 is 0 Å². The largest absolute Gasteiger partial charge is 0.208 e. The third-order valence-electron chi connectivity index (χ3n) is 11.2. The lowest BCUT2D eigenvalue weighted by atomic mass is 9.67. The van der Waals surface area contributed by atoms with Crippen molar-refractivity contribution in [3.63, 3.8) is 0 Å². The van der Waals surface area contributed by atoms with Gasteiger partial charge in [-0.15, -0.1) is 11.3 Å². The summed E-state index contributed by atoms with van der Waals surface area (Å²) >= 11 is 1.82. The summed E-state index contributed by atoms with van der Waals surface area (Å²) in [5, 5.41) is 2.48. The lowest BCUT2D eigenvalue weighted by Crippen LogP contribution is -2.28. The Morgan fingerprint density at radius 2 is 0.786 bits per heavy atom. The molecule has 10 aromatic rings. The van der Waals surface area contributed by atoms with Crippen LogP contribution >= 0.6 is 11.3 Å². The molecule has 1 aliphatic rings. The maximum atomic E-state index is 5.00. The standard InChI is InChI=1S/C52H33N3S/c1-5-16-34(17-6-1)49-53-50(35-18-7-2-8-19-35)55-51(54-49)37-29-31-42-41-30-28-36(32-46(41)56-47(42)33-37)40-25-15-27-45-48(40)43-24-13-14-26-44(43)52(45,38-20-9-3-10-21-38)39-22-11-4-12-23-39/h1-33H. The highest BCUT2D eigenvalue weighted by molar-refractivity contribution is 7.25. The van der Waals surface area contributed by atoms with Gasteiger partial charge in [0.1, 0.15) is 0 Å². The molecule has 0 fully saturated rings. The summed E-state index contributed by atoms with van der Waals surface area (Å²) in [6.07, 6.45) is 0. The number of benzene rings is 8. The Morgan fingerprint density at radius 3 is 1.38 bits per heavy atom. The van der Waals surface area contributed by atoms with Crippen LogP contribution in [0.3, 0.4) is 0 Å². The highest BCUT2D eigenvalue weighted by Gasteiger charge is 2.46. The van der Waals surface area contributed by atoms with Gasteiger partial charge in [-0.2, -0.15) is 0 Å². The normalized spacial score (nSPS) is 12.8. The summed E-state index contributed by atoms with van der Waals surface area (Å²) in [5.41, 5.74) is 12.7. The first-order chi connectivity index (χ1) is 27.8. The zero-order valence-corrected chi connectivity index (χ0v) is 31.1. The molecule has 0 spiro atoms. The minimum Gasteiger partial charge on any atom is -0.208 e. The van der Waals surface area contributed by atoms with Crippen molar-refractivity contribution in [3.05, 3.63) is 222 Å². The van der Waals surface area contributed by atoms with Crippen molar-refractivity contribution < 1.29 is 0 Å². The van der Waals surface area contributed by atoms with E-state index in [-0.39, 0.29) is 0 Å². The minimum atomic E-state index is -0.432.